The number of hydrogen-bond donors (Lipinski definition) is 0. The molecule has 11 aromatic rings. The van der Waals surface area contributed by atoms with Crippen LogP contribution in [0.1, 0.15) is 0 Å². The molecule has 0 fully saturated rings. The van der Waals surface area contributed by atoms with Crippen molar-refractivity contribution in [2.75, 3.05) is 0 Å². The molecule has 6 nitrogen and oxygen atoms in total. The van der Waals surface area contributed by atoms with E-state index in [2.05, 4.69) is 130 Å². The van der Waals surface area contributed by atoms with Gasteiger partial charge in [-0.25, -0.2) is 4.98 Å². The average molecular weight is 654 g/mol. The lowest BCUT2D eigenvalue weighted by molar-refractivity contribution is 0.668. The van der Waals surface area contributed by atoms with Crippen molar-refractivity contribution in [1.82, 2.24) is 24.1 Å². The summed E-state index contributed by atoms with van der Waals surface area (Å²) in [5.41, 5.74) is 8.93. The van der Waals surface area contributed by atoms with E-state index in [0.29, 0.717) is 17.6 Å². The molecule has 0 aliphatic heterocycles. The van der Waals surface area contributed by atoms with Crippen LogP contribution in [0.5, 0.6) is 0 Å². The molecule has 0 radical (unpaired) electrons. The van der Waals surface area contributed by atoms with Crippen LogP contribution in [0.3, 0.4) is 0 Å². The summed E-state index contributed by atoms with van der Waals surface area (Å²) in [6, 6.07) is 56.7. The van der Waals surface area contributed by atoms with Gasteiger partial charge in [0.2, 0.25) is 5.95 Å². The van der Waals surface area contributed by atoms with Crippen LogP contribution in [0.2, 0.25) is 0 Å². The number of hydrogen-bond acceptors (Lipinski definition) is 4. The fourth-order valence-corrected chi connectivity index (χ4v) is 7.69. The summed E-state index contributed by atoms with van der Waals surface area (Å²) < 4.78 is 11.0. The Kier molecular flexibility index (Phi) is 5.86. The van der Waals surface area contributed by atoms with Crippen LogP contribution in [0.15, 0.2) is 168 Å². The molecule has 0 saturated carbocycles. The topological polar surface area (TPSA) is 61.7 Å². The highest BCUT2D eigenvalue weighted by Gasteiger charge is 2.19. The molecule has 6 heteroatoms. The van der Waals surface area contributed by atoms with Gasteiger partial charge in [-0.15, -0.1) is 0 Å². The Morgan fingerprint density at radius 2 is 0.882 bits per heavy atom. The third-order valence-corrected chi connectivity index (χ3v) is 9.99. The van der Waals surface area contributed by atoms with E-state index in [1.807, 2.05) is 42.5 Å². The maximum absolute atomic E-state index is 6.51. The Morgan fingerprint density at radius 1 is 0.353 bits per heavy atom. The van der Waals surface area contributed by atoms with E-state index in [9.17, 15) is 0 Å². The maximum Gasteiger partial charge on any atom is 0.238 e. The fraction of sp³-hybridized carbons (Fsp3) is 0. The third-order valence-electron chi connectivity index (χ3n) is 9.99. The van der Waals surface area contributed by atoms with E-state index in [1.54, 1.807) is 0 Å². The van der Waals surface area contributed by atoms with E-state index in [0.717, 1.165) is 60.6 Å². The summed E-state index contributed by atoms with van der Waals surface area (Å²) in [5.74, 6) is 1.79. The first-order valence-electron chi connectivity index (χ1n) is 17.0. The highest BCUT2D eigenvalue weighted by molar-refractivity contribution is 6.11. The molecule has 7 aromatic carbocycles. The van der Waals surface area contributed by atoms with Crippen molar-refractivity contribution in [2.45, 2.75) is 0 Å². The molecule has 0 aliphatic carbocycles. The van der Waals surface area contributed by atoms with Gasteiger partial charge < -0.3 is 8.98 Å². The minimum atomic E-state index is 0.573. The lowest BCUT2D eigenvalue weighted by Gasteiger charge is -2.11. The summed E-state index contributed by atoms with van der Waals surface area (Å²) >= 11 is 0. The molecular weight excluding hydrogens is 627 g/mol. The van der Waals surface area contributed by atoms with E-state index in [-0.39, 0.29) is 0 Å². The van der Waals surface area contributed by atoms with Crippen molar-refractivity contribution in [3.63, 3.8) is 0 Å². The van der Waals surface area contributed by atoms with Gasteiger partial charge in [0, 0.05) is 55.2 Å². The predicted molar refractivity (Wildman–Crippen MR) is 207 cm³/mol. The summed E-state index contributed by atoms with van der Waals surface area (Å²) in [5, 5.41) is 6.82. The van der Waals surface area contributed by atoms with Crippen molar-refractivity contribution >= 4 is 65.6 Å². The Labute approximate surface area is 291 Å². The number of benzene rings is 7. The Balaban J connectivity index is 1.10. The highest BCUT2D eigenvalue weighted by atomic mass is 16.3. The lowest BCUT2D eigenvalue weighted by atomic mass is 10.1. The predicted octanol–water partition coefficient (Wildman–Crippen LogP) is 11.3. The van der Waals surface area contributed by atoms with Gasteiger partial charge in [-0.05, 0) is 54.6 Å². The van der Waals surface area contributed by atoms with E-state index in [4.69, 9.17) is 19.4 Å². The van der Waals surface area contributed by atoms with Crippen LogP contribution in [0, 0.1) is 0 Å². The molecular formula is C45H27N5O. The Hall–Kier alpha value is -7.05. The smallest absolute Gasteiger partial charge is 0.238 e. The number of rotatable bonds is 4. The summed E-state index contributed by atoms with van der Waals surface area (Å²) in [7, 11) is 0. The molecule has 4 heterocycles. The number of nitrogens with zero attached hydrogens (tertiary/aromatic N) is 5. The number of fused-ring (bicyclic) bond motifs is 9. The molecule has 0 amide bonds. The second-order valence-electron chi connectivity index (χ2n) is 12.9. The summed E-state index contributed by atoms with van der Waals surface area (Å²) in [4.78, 5) is 15.3. The molecule has 0 N–H and O–H groups in total. The molecule has 4 aromatic heterocycles. The Morgan fingerprint density at radius 3 is 1.49 bits per heavy atom. The first kappa shape index (κ1) is 27.9. The van der Waals surface area contributed by atoms with Crippen LogP contribution < -0.4 is 0 Å². The third kappa shape index (κ3) is 4.20. The quantitative estimate of drug-likeness (QED) is 0.190. The number of furan rings is 1. The van der Waals surface area contributed by atoms with E-state index in [1.165, 1.54) is 21.8 Å². The molecule has 0 aliphatic rings. The van der Waals surface area contributed by atoms with E-state index < -0.39 is 0 Å². The lowest BCUT2D eigenvalue weighted by Crippen LogP contribution is -2.06. The van der Waals surface area contributed by atoms with Crippen molar-refractivity contribution in [2.24, 2.45) is 0 Å². The Bertz CT molecular complexity index is 3040. The molecule has 0 bridgehead atoms. The minimum Gasteiger partial charge on any atom is -0.456 e. The monoisotopic (exact) mass is 653 g/mol. The van der Waals surface area contributed by atoms with Crippen LogP contribution in [-0.4, -0.2) is 24.1 Å². The molecule has 51 heavy (non-hydrogen) atoms. The van der Waals surface area contributed by atoms with Gasteiger partial charge in [0.05, 0.1) is 22.1 Å². The second-order valence-corrected chi connectivity index (χ2v) is 12.9. The van der Waals surface area contributed by atoms with Gasteiger partial charge >= 0.3 is 0 Å². The maximum atomic E-state index is 6.51. The van der Waals surface area contributed by atoms with Gasteiger partial charge in [0.1, 0.15) is 11.2 Å². The van der Waals surface area contributed by atoms with Crippen LogP contribution in [0.4, 0.5) is 0 Å². The molecule has 0 spiro atoms. The first-order chi connectivity index (χ1) is 25.3. The largest absolute Gasteiger partial charge is 0.456 e. The molecule has 11 rings (SSSR count). The summed E-state index contributed by atoms with van der Waals surface area (Å²) in [6.07, 6.45) is 0. The zero-order valence-corrected chi connectivity index (χ0v) is 27.2. The zero-order valence-electron chi connectivity index (χ0n) is 27.2. The van der Waals surface area contributed by atoms with E-state index >= 15 is 0 Å². The first-order valence-corrected chi connectivity index (χ1v) is 17.0. The summed E-state index contributed by atoms with van der Waals surface area (Å²) in [6.45, 7) is 0. The number of para-hydroxylation sites is 4. The SMILES string of the molecule is c1ccc(-c2nc(-c3ccc4oc5cc(-n6c7ccccc7c7ccccc76)ccc5c4c3)nc(-n3c4ccccc4c4ccccc43)n2)cc1. The van der Waals surface area contributed by atoms with Crippen molar-refractivity contribution in [3.8, 4) is 34.4 Å². The van der Waals surface area contributed by atoms with Gasteiger partial charge in [-0.2, -0.15) is 9.97 Å². The minimum absolute atomic E-state index is 0.573. The number of aromatic nitrogens is 5. The normalized spacial score (nSPS) is 11.9. The van der Waals surface area contributed by atoms with Crippen LogP contribution >= 0.6 is 0 Å². The zero-order chi connectivity index (χ0) is 33.5. The molecule has 0 saturated heterocycles. The standard InChI is InChI=1S/C45H27N5O/c1-2-12-28(13-3-1)43-46-44(48-45(47-43)50-39-20-10-6-16-33(39)34-17-7-11-21-40(34)50)29-22-25-41-36(26-29)35-24-23-30(27-42(35)51-41)49-37-18-8-4-14-31(37)32-15-5-9-19-38(32)49/h1-27H. The average Bonchev–Trinajstić information content (AvgIpc) is 3.85. The fourth-order valence-electron chi connectivity index (χ4n) is 7.69. The molecule has 0 unspecified atom stereocenters. The van der Waals surface area contributed by atoms with Crippen LogP contribution in [-0.2, 0) is 0 Å². The molecule has 238 valence electrons. The van der Waals surface area contributed by atoms with Gasteiger partial charge in [-0.3, -0.25) is 4.57 Å². The van der Waals surface area contributed by atoms with Crippen molar-refractivity contribution in [3.05, 3.63) is 164 Å². The second kappa shape index (κ2) is 10.7. The van der Waals surface area contributed by atoms with Gasteiger partial charge in [0.15, 0.2) is 11.6 Å². The van der Waals surface area contributed by atoms with Gasteiger partial charge in [0.25, 0.3) is 0 Å². The van der Waals surface area contributed by atoms with Crippen molar-refractivity contribution in [1.29, 1.82) is 0 Å². The molecule has 0 atom stereocenters. The van der Waals surface area contributed by atoms with Crippen LogP contribution in [0.25, 0.3) is 100.0 Å². The van der Waals surface area contributed by atoms with Gasteiger partial charge in [-0.1, -0.05) is 103 Å². The van der Waals surface area contributed by atoms with Crippen molar-refractivity contribution < 1.29 is 4.42 Å². The highest BCUT2D eigenvalue weighted by Crippen LogP contribution is 2.37.